The number of nitrogens with two attached hydrogens (primary N) is 1. The minimum absolute atomic E-state index is 0.313. The highest BCUT2D eigenvalue weighted by Crippen LogP contribution is 2.20. The first-order valence-corrected chi connectivity index (χ1v) is 5.42. The number of anilines is 1. The van der Waals surface area contributed by atoms with Crippen molar-refractivity contribution in [1.29, 1.82) is 0 Å². The number of aromatic nitrogens is 1. The minimum Gasteiger partial charge on any atom is -0.474 e. The van der Waals surface area contributed by atoms with Gasteiger partial charge in [-0.25, -0.2) is 4.98 Å². The first-order valence-electron chi connectivity index (χ1n) is 4.61. The molecule has 2 heterocycles. The molecule has 1 aromatic rings. The van der Waals surface area contributed by atoms with Crippen molar-refractivity contribution >= 4 is 22.5 Å². The van der Waals surface area contributed by atoms with Gasteiger partial charge in [0.25, 0.3) is 0 Å². The number of rotatable bonds is 2. The van der Waals surface area contributed by atoms with Crippen molar-refractivity contribution in [2.45, 2.75) is 19.6 Å². The number of allylic oxidation sites excluding steroid dienone is 1. The quantitative estimate of drug-likeness (QED) is 0.804. The Morgan fingerprint density at radius 2 is 2.33 bits per heavy atom. The summed E-state index contributed by atoms with van der Waals surface area (Å²) >= 11 is 1.46. The highest BCUT2D eigenvalue weighted by Gasteiger charge is 2.23. The van der Waals surface area contributed by atoms with Crippen LogP contribution in [-0.4, -0.2) is 10.7 Å². The third kappa shape index (κ3) is 2.50. The predicted molar refractivity (Wildman–Crippen MR) is 61.9 cm³/mol. The van der Waals surface area contributed by atoms with Crippen LogP contribution in [0.4, 0.5) is 5.13 Å². The second-order valence-electron chi connectivity index (χ2n) is 3.76. The van der Waals surface area contributed by atoms with Crippen molar-refractivity contribution < 1.29 is 4.74 Å². The van der Waals surface area contributed by atoms with Crippen LogP contribution in [0.3, 0.4) is 0 Å². The number of nitrogens with one attached hydrogen (secondary N) is 1. The number of nitrogen functional groups attached to an aromatic ring is 1. The molecule has 15 heavy (non-hydrogen) atoms. The van der Waals surface area contributed by atoms with Crippen LogP contribution in [-0.2, 0) is 4.74 Å². The van der Waals surface area contributed by atoms with E-state index in [4.69, 9.17) is 10.5 Å². The summed E-state index contributed by atoms with van der Waals surface area (Å²) in [6, 6.07) is 0. The third-order valence-corrected chi connectivity index (χ3v) is 2.69. The first-order chi connectivity index (χ1) is 7.05. The molecule has 1 aliphatic heterocycles. The van der Waals surface area contributed by atoms with Crippen molar-refractivity contribution in [1.82, 2.24) is 10.3 Å². The van der Waals surface area contributed by atoms with Gasteiger partial charge in [0.2, 0.25) is 0 Å². The summed E-state index contributed by atoms with van der Waals surface area (Å²) in [7, 11) is 0. The topological polar surface area (TPSA) is 60.2 Å². The SMILES string of the molecule is CC1(C)NC(/C=C/c2cnc(N)s2)=CO1. The van der Waals surface area contributed by atoms with Crippen LogP contribution < -0.4 is 11.1 Å². The molecule has 2 rings (SSSR count). The molecule has 0 bridgehead atoms. The maximum absolute atomic E-state index is 5.52. The zero-order valence-electron chi connectivity index (χ0n) is 8.65. The van der Waals surface area contributed by atoms with Gasteiger partial charge in [-0.3, -0.25) is 0 Å². The van der Waals surface area contributed by atoms with Crippen LogP contribution in [0.1, 0.15) is 18.7 Å². The summed E-state index contributed by atoms with van der Waals surface area (Å²) in [4.78, 5) is 4.99. The zero-order chi connectivity index (χ0) is 10.9. The molecule has 0 aromatic carbocycles. The van der Waals surface area contributed by atoms with Crippen molar-refractivity contribution in [2.75, 3.05) is 5.73 Å². The smallest absolute Gasteiger partial charge is 0.180 e. The van der Waals surface area contributed by atoms with Gasteiger partial charge in [0.1, 0.15) is 6.26 Å². The molecule has 3 N–H and O–H groups in total. The van der Waals surface area contributed by atoms with Crippen LogP contribution in [0.5, 0.6) is 0 Å². The molecule has 80 valence electrons. The fourth-order valence-corrected chi connectivity index (χ4v) is 1.84. The lowest BCUT2D eigenvalue weighted by atomic mass is 10.3. The molecule has 0 unspecified atom stereocenters. The van der Waals surface area contributed by atoms with Crippen molar-refractivity contribution in [3.8, 4) is 0 Å². The molecule has 0 amide bonds. The summed E-state index contributed by atoms with van der Waals surface area (Å²) in [5.41, 5.74) is 6.16. The monoisotopic (exact) mass is 223 g/mol. The normalized spacial score (nSPS) is 18.7. The van der Waals surface area contributed by atoms with Crippen molar-refractivity contribution in [3.63, 3.8) is 0 Å². The Hall–Kier alpha value is -1.49. The molecule has 0 spiro atoms. The fraction of sp³-hybridized carbons (Fsp3) is 0.300. The highest BCUT2D eigenvalue weighted by atomic mass is 32.1. The lowest BCUT2D eigenvalue weighted by Crippen LogP contribution is -2.34. The molecule has 0 fully saturated rings. The molecule has 0 saturated carbocycles. The van der Waals surface area contributed by atoms with Crippen LogP contribution >= 0.6 is 11.3 Å². The number of hydrogen-bond acceptors (Lipinski definition) is 5. The molecule has 5 heteroatoms. The van der Waals surface area contributed by atoms with Gasteiger partial charge < -0.3 is 15.8 Å². The molecular weight excluding hydrogens is 210 g/mol. The largest absolute Gasteiger partial charge is 0.474 e. The van der Waals surface area contributed by atoms with E-state index >= 15 is 0 Å². The maximum Gasteiger partial charge on any atom is 0.180 e. The highest BCUT2D eigenvalue weighted by molar-refractivity contribution is 7.16. The lowest BCUT2D eigenvalue weighted by molar-refractivity contribution is 0.0623. The van der Waals surface area contributed by atoms with Gasteiger partial charge >= 0.3 is 0 Å². The molecule has 0 radical (unpaired) electrons. The Morgan fingerprint density at radius 3 is 2.87 bits per heavy atom. The molecule has 0 atom stereocenters. The van der Waals surface area contributed by atoms with Crippen LogP contribution in [0.2, 0.25) is 0 Å². The third-order valence-electron chi connectivity index (χ3n) is 1.89. The van der Waals surface area contributed by atoms with Gasteiger partial charge in [-0.05, 0) is 26.0 Å². The van der Waals surface area contributed by atoms with E-state index < -0.39 is 0 Å². The van der Waals surface area contributed by atoms with E-state index in [2.05, 4.69) is 10.3 Å². The van der Waals surface area contributed by atoms with Gasteiger partial charge in [0.05, 0.1) is 5.70 Å². The van der Waals surface area contributed by atoms with E-state index in [0.717, 1.165) is 10.6 Å². The Bertz CT molecular complexity index is 420. The number of nitrogens with zero attached hydrogens (tertiary/aromatic N) is 1. The van der Waals surface area contributed by atoms with Gasteiger partial charge in [-0.15, -0.1) is 0 Å². The Morgan fingerprint density at radius 1 is 1.53 bits per heavy atom. The second kappa shape index (κ2) is 3.58. The van der Waals surface area contributed by atoms with Crippen LogP contribution in [0.15, 0.2) is 24.2 Å². The average molecular weight is 223 g/mol. The van der Waals surface area contributed by atoms with Gasteiger partial charge in [0, 0.05) is 11.1 Å². The summed E-state index contributed by atoms with van der Waals surface area (Å²) in [6.45, 7) is 3.93. The number of ether oxygens (including phenoxy) is 1. The van der Waals surface area contributed by atoms with Crippen molar-refractivity contribution in [2.24, 2.45) is 0 Å². The Labute approximate surface area is 92.5 Å². The van der Waals surface area contributed by atoms with Gasteiger partial charge in [0.15, 0.2) is 10.9 Å². The zero-order valence-corrected chi connectivity index (χ0v) is 9.47. The molecule has 1 aromatic heterocycles. The Kier molecular flexibility index (Phi) is 2.40. The lowest BCUT2D eigenvalue weighted by Gasteiger charge is -2.18. The van der Waals surface area contributed by atoms with E-state index in [1.165, 1.54) is 11.3 Å². The summed E-state index contributed by atoms with van der Waals surface area (Å²) in [5.74, 6) is 0. The standard InChI is InChI=1S/C10H13N3OS/c1-10(2)13-7(6-14-10)3-4-8-5-12-9(11)15-8/h3-6,13H,1-2H3,(H2,11,12)/b4-3+. The number of hydrogen-bond donors (Lipinski definition) is 2. The summed E-state index contributed by atoms with van der Waals surface area (Å²) in [6.07, 6.45) is 7.36. The average Bonchev–Trinajstić information content (AvgIpc) is 2.69. The minimum atomic E-state index is -0.313. The molecule has 0 aliphatic carbocycles. The first kappa shape index (κ1) is 10.0. The fourth-order valence-electron chi connectivity index (χ4n) is 1.25. The van der Waals surface area contributed by atoms with Gasteiger partial charge in [-0.2, -0.15) is 0 Å². The Balaban J connectivity index is 2.01. The van der Waals surface area contributed by atoms with Crippen molar-refractivity contribution in [3.05, 3.63) is 29.1 Å². The van der Waals surface area contributed by atoms with E-state index in [0.29, 0.717) is 5.13 Å². The van der Waals surface area contributed by atoms with E-state index in [1.54, 1.807) is 12.5 Å². The van der Waals surface area contributed by atoms with Gasteiger partial charge in [-0.1, -0.05) is 11.3 Å². The van der Waals surface area contributed by atoms with Crippen LogP contribution in [0, 0.1) is 0 Å². The van der Waals surface area contributed by atoms with E-state index in [1.807, 2.05) is 26.0 Å². The molecule has 1 aliphatic rings. The second-order valence-corrected chi connectivity index (χ2v) is 4.85. The predicted octanol–water partition coefficient (Wildman–Crippen LogP) is 1.94. The summed E-state index contributed by atoms with van der Waals surface area (Å²) in [5, 5.41) is 3.80. The summed E-state index contributed by atoms with van der Waals surface area (Å²) < 4.78 is 5.39. The van der Waals surface area contributed by atoms with E-state index in [9.17, 15) is 0 Å². The number of thiazole rings is 1. The maximum atomic E-state index is 5.52. The molecule has 0 saturated heterocycles. The molecule has 4 nitrogen and oxygen atoms in total. The van der Waals surface area contributed by atoms with Crippen LogP contribution in [0.25, 0.3) is 6.08 Å². The van der Waals surface area contributed by atoms with E-state index in [-0.39, 0.29) is 5.72 Å². The molecular formula is C10H13N3OS.